The average Bonchev–Trinajstić information content (AvgIpc) is 3.50. The van der Waals surface area contributed by atoms with Crippen LogP contribution in [0.1, 0.15) is 39.3 Å². The zero-order valence-electron chi connectivity index (χ0n) is 16.5. The van der Waals surface area contributed by atoms with Crippen molar-refractivity contribution < 1.29 is 9.32 Å². The molecular formula is C24H21N3O2S. The van der Waals surface area contributed by atoms with Crippen LogP contribution in [0.2, 0.25) is 0 Å². The molecule has 0 saturated carbocycles. The zero-order chi connectivity index (χ0) is 20.3. The summed E-state index contributed by atoms with van der Waals surface area (Å²) in [6.45, 7) is 0.439. The lowest BCUT2D eigenvalue weighted by atomic mass is 9.90. The van der Waals surface area contributed by atoms with Gasteiger partial charge in [-0.05, 0) is 66.5 Å². The van der Waals surface area contributed by atoms with Crippen LogP contribution in [0.5, 0.6) is 0 Å². The predicted octanol–water partition coefficient (Wildman–Crippen LogP) is 5.52. The fraction of sp³-hybridized carbons (Fsp3) is 0.208. The molecule has 0 unspecified atom stereocenters. The molecular weight excluding hydrogens is 394 g/mol. The van der Waals surface area contributed by atoms with Gasteiger partial charge in [-0.3, -0.25) is 9.69 Å². The van der Waals surface area contributed by atoms with Crippen molar-refractivity contribution in [2.45, 2.75) is 32.2 Å². The van der Waals surface area contributed by atoms with E-state index in [-0.39, 0.29) is 11.6 Å². The molecule has 0 fully saturated rings. The van der Waals surface area contributed by atoms with Crippen LogP contribution in [0.25, 0.3) is 11.3 Å². The van der Waals surface area contributed by atoms with E-state index >= 15 is 0 Å². The van der Waals surface area contributed by atoms with Crippen LogP contribution in [-0.2, 0) is 19.4 Å². The molecule has 0 bridgehead atoms. The van der Waals surface area contributed by atoms with E-state index < -0.39 is 0 Å². The van der Waals surface area contributed by atoms with E-state index in [1.165, 1.54) is 24.0 Å². The van der Waals surface area contributed by atoms with E-state index in [1.807, 2.05) is 35.7 Å². The molecule has 5 rings (SSSR count). The summed E-state index contributed by atoms with van der Waals surface area (Å²) in [6, 6.07) is 17.7. The standard InChI is InChI=1S/C24H21N3O2S/c28-24(27(16-20-8-5-13-30-20)23-9-3-4-12-25-23)21-15-22(29-26-21)19-11-10-17-6-1-2-7-18(17)14-19/h3-5,8-15H,1-2,6-7,16H2. The Hall–Kier alpha value is -3.25. The third kappa shape index (κ3) is 3.78. The van der Waals surface area contributed by atoms with Gasteiger partial charge in [-0.25, -0.2) is 4.98 Å². The Labute approximate surface area is 179 Å². The molecule has 0 saturated heterocycles. The second-order valence-corrected chi connectivity index (χ2v) is 8.46. The highest BCUT2D eigenvalue weighted by molar-refractivity contribution is 7.09. The minimum atomic E-state index is -0.227. The second-order valence-electron chi connectivity index (χ2n) is 7.43. The fourth-order valence-corrected chi connectivity index (χ4v) is 4.56. The Morgan fingerprint density at radius 3 is 2.73 bits per heavy atom. The molecule has 5 nitrogen and oxygen atoms in total. The molecule has 1 amide bonds. The van der Waals surface area contributed by atoms with Crippen molar-refractivity contribution in [2.24, 2.45) is 0 Å². The van der Waals surface area contributed by atoms with Gasteiger partial charge in [0.15, 0.2) is 11.5 Å². The van der Waals surface area contributed by atoms with Crippen molar-refractivity contribution in [1.82, 2.24) is 10.1 Å². The van der Waals surface area contributed by atoms with E-state index in [0.29, 0.717) is 18.1 Å². The van der Waals surface area contributed by atoms with Crippen molar-refractivity contribution in [3.05, 3.63) is 87.9 Å². The SMILES string of the molecule is O=C(c1cc(-c2ccc3c(c2)CCCC3)on1)N(Cc1cccs1)c1ccccn1. The van der Waals surface area contributed by atoms with E-state index in [4.69, 9.17) is 4.52 Å². The summed E-state index contributed by atoms with van der Waals surface area (Å²) >= 11 is 1.61. The Morgan fingerprint density at radius 1 is 1.03 bits per heavy atom. The maximum atomic E-state index is 13.3. The van der Waals surface area contributed by atoms with Gasteiger partial charge in [0.1, 0.15) is 5.82 Å². The number of thiophene rings is 1. The molecule has 3 aromatic heterocycles. The topological polar surface area (TPSA) is 59.2 Å². The van der Waals surface area contributed by atoms with Gasteiger partial charge in [0.05, 0.1) is 6.54 Å². The largest absolute Gasteiger partial charge is 0.355 e. The number of aromatic nitrogens is 2. The van der Waals surface area contributed by atoms with Crippen molar-refractivity contribution in [2.75, 3.05) is 4.90 Å². The summed E-state index contributed by atoms with van der Waals surface area (Å²) < 4.78 is 5.57. The number of carbonyl (C=O) groups excluding carboxylic acids is 1. The van der Waals surface area contributed by atoms with E-state index in [9.17, 15) is 4.79 Å². The third-order valence-electron chi connectivity index (χ3n) is 5.43. The summed E-state index contributed by atoms with van der Waals surface area (Å²) in [6.07, 6.45) is 6.39. The quantitative estimate of drug-likeness (QED) is 0.430. The first-order valence-electron chi connectivity index (χ1n) is 10.1. The molecule has 0 aliphatic heterocycles. The zero-order valence-corrected chi connectivity index (χ0v) is 17.3. The normalized spacial score (nSPS) is 13.1. The molecule has 0 radical (unpaired) electrons. The molecule has 1 aliphatic carbocycles. The maximum absolute atomic E-state index is 13.3. The second kappa shape index (κ2) is 8.24. The lowest BCUT2D eigenvalue weighted by Gasteiger charge is -2.19. The molecule has 1 aromatic carbocycles. The highest BCUT2D eigenvalue weighted by Crippen LogP contribution is 2.29. The molecule has 1 aliphatic rings. The van der Waals surface area contributed by atoms with Gasteiger partial charge < -0.3 is 4.52 Å². The van der Waals surface area contributed by atoms with Gasteiger partial charge >= 0.3 is 0 Å². The molecule has 30 heavy (non-hydrogen) atoms. The first kappa shape index (κ1) is 18.8. The molecule has 6 heteroatoms. The molecule has 0 atom stereocenters. The first-order chi connectivity index (χ1) is 14.8. The number of benzene rings is 1. The summed E-state index contributed by atoms with van der Waals surface area (Å²) in [5.41, 5.74) is 4.03. The lowest BCUT2D eigenvalue weighted by Crippen LogP contribution is -2.31. The van der Waals surface area contributed by atoms with Crippen molar-refractivity contribution >= 4 is 23.1 Å². The number of hydrogen-bond donors (Lipinski definition) is 0. The minimum Gasteiger partial charge on any atom is -0.355 e. The van der Waals surface area contributed by atoms with Crippen LogP contribution in [0, 0.1) is 0 Å². The number of nitrogens with zero attached hydrogens (tertiary/aromatic N) is 3. The molecule has 0 spiro atoms. The van der Waals surface area contributed by atoms with Crippen LogP contribution in [0.4, 0.5) is 5.82 Å². The van der Waals surface area contributed by atoms with Crippen molar-refractivity contribution in [3.8, 4) is 11.3 Å². The molecule has 3 heterocycles. The number of aryl methyl sites for hydroxylation is 2. The number of pyridine rings is 1. The summed E-state index contributed by atoms with van der Waals surface area (Å²) in [7, 11) is 0. The number of fused-ring (bicyclic) bond motifs is 1. The highest BCUT2D eigenvalue weighted by atomic mass is 32.1. The van der Waals surface area contributed by atoms with Gasteiger partial charge in [0.25, 0.3) is 5.91 Å². The van der Waals surface area contributed by atoms with Crippen molar-refractivity contribution in [1.29, 1.82) is 0 Å². The number of rotatable bonds is 5. The predicted molar refractivity (Wildman–Crippen MR) is 118 cm³/mol. The fourth-order valence-electron chi connectivity index (χ4n) is 3.87. The molecule has 0 N–H and O–H groups in total. The number of anilines is 1. The Balaban J connectivity index is 1.44. The molecule has 150 valence electrons. The van der Waals surface area contributed by atoms with Crippen LogP contribution in [0.15, 0.2) is 70.7 Å². The van der Waals surface area contributed by atoms with Gasteiger partial charge in [0, 0.05) is 22.7 Å². The van der Waals surface area contributed by atoms with Gasteiger partial charge in [-0.15, -0.1) is 11.3 Å². The summed E-state index contributed by atoms with van der Waals surface area (Å²) in [4.78, 5) is 20.4. The maximum Gasteiger partial charge on any atom is 0.281 e. The summed E-state index contributed by atoms with van der Waals surface area (Å²) in [5.74, 6) is 0.980. The van der Waals surface area contributed by atoms with Crippen LogP contribution in [0.3, 0.4) is 0 Å². The van der Waals surface area contributed by atoms with Crippen LogP contribution >= 0.6 is 11.3 Å². The van der Waals surface area contributed by atoms with E-state index in [0.717, 1.165) is 23.3 Å². The lowest BCUT2D eigenvalue weighted by molar-refractivity contribution is 0.0976. The van der Waals surface area contributed by atoms with E-state index in [1.54, 1.807) is 28.5 Å². The van der Waals surface area contributed by atoms with Crippen molar-refractivity contribution in [3.63, 3.8) is 0 Å². The Morgan fingerprint density at radius 2 is 1.93 bits per heavy atom. The Bertz CT molecular complexity index is 1150. The van der Waals surface area contributed by atoms with E-state index in [2.05, 4.69) is 28.3 Å². The van der Waals surface area contributed by atoms with Crippen LogP contribution < -0.4 is 4.90 Å². The number of amides is 1. The minimum absolute atomic E-state index is 0.227. The third-order valence-corrected chi connectivity index (χ3v) is 6.29. The van der Waals surface area contributed by atoms with Gasteiger partial charge in [-0.1, -0.05) is 29.4 Å². The summed E-state index contributed by atoms with van der Waals surface area (Å²) in [5, 5.41) is 6.09. The monoisotopic (exact) mass is 415 g/mol. The average molecular weight is 416 g/mol. The van der Waals surface area contributed by atoms with Gasteiger partial charge in [0.2, 0.25) is 0 Å². The Kier molecular flexibility index (Phi) is 5.15. The van der Waals surface area contributed by atoms with Gasteiger partial charge in [-0.2, -0.15) is 0 Å². The smallest absolute Gasteiger partial charge is 0.281 e. The number of hydrogen-bond acceptors (Lipinski definition) is 5. The first-order valence-corrected chi connectivity index (χ1v) is 11.0. The molecule has 4 aromatic rings. The van der Waals surface area contributed by atoms with Crippen LogP contribution in [-0.4, -0.2) is 16.0 Å². The number of carbonyl (C=O) groups is 1. The highest BCUT2D eigenvalue weighted by Gasteiger charge is 2.24.